The molecule has 2 aromatic heterocycles. The molecule has 3 aliphatic rings. The summed E-state index contributed by atoms with van der Waals surface area (Å²) in [5, 5.41) is 0. The predicted octanol–water partition coefficient (Wildman–Crippen LogP) is 2.39. The molecule has 2 aromatic rings. The SMILES string of the molecule is Cc1nc(C(=O)N2C[C@@H]3C[C@H](C2)c2ccc(CN4CCCCC4)c(=O)n2C3)co1. The van der Waals surface area contributed by atoms with Crippen molar-refractivity contribution in [1.29, 1.82) is 0 Å². The summed E-state index contributed by atoms with van der Waals surface area (Å²) in [4.78, 5) is 34.5. The Labute approximate surface area is 170 Å². The summed E-state index contributed by atoms with van der Waals surface area (Å²) in [5.41, 5.74) is 2.51. The smallest absolute Gasteiger partial charge is 0.275 e. The van der Waals surface area contributed by atoms with Crippen molar-refractivity contribution in [3.05, 3.63) is 51.6 Å². The number of carbonyl (C=O) groups is 1. The number of carbonyl (C=O) groups excluding carboxylic acids is 1. The van der Waals surface area contributed by atoms with Crippen LogP contribution in [0.15, 0.2) is 27.6 Å². The number of aryl methyl sites for hydroxylation is 1. The molecular formula is C22H28N4O3. The monoisotopic (exact) mass is 396 g/mol. The Bertz CT molecular complexity index is 973. The molecule has 154 valence electrons. The van der Waals surface area contributed by atoms with E-state index in [0.29, 0.717) is 37.1 Å². The minimum absolute atomic E-state index is 0.0749. The molecule has 5 heterocycles. The van der Waals surface area contributed by atoms with Crippen LogP contribution in [0.25, 0.3) is 0 Å². The van der Waals surface area contributed by atoms with Gasteiger partial charge in [0.15, 0.2) is 11.6 Å². The van der Waals surface area contributed by atoms with E-state index in [0.717, 1.165) is 37.3 Å². The molecule has 0 saturated carbocycles. The fourth-order valence-electron chi connectivity index (χ4n) is 5.26. The third-order valence-corrected chi connectivity index (χ3v) is 6.65. The van der Waals surface area contributed by atoms with Crippen molar-refractivity contribution >= 4 is 5.91 Å². The maximum Gasteiger partial charge on any atom is 0.275 e. The second kappa shape index (κ2) is 7.44. The number of pyridine rings is 1. The summed E-state index contributed by atoms with van der Waals surface area (Å²) < 4.78 is 7.20. The summed E-state index contributed by atoms with van der Waals surface area (Å²) in [7, 11) is 0. The van der Waals surface area contributed by atoms with E-state index in [1.54, 1.807) is 6.92 Å². The number of oxazole rings is 1. The number of aromatic nitrogens is 2. The van der Waals surface area contributed by atoms with Gasteiger partial charge in [0.2, 0.25) is 0 Å². The van der Waals surface area contributed by atoms with Crippen molar-refractivity contribution in [3.63, 3.8) is 0 Å². The van der Waals surface area contributed by atoms with Crippen LogP contribution < -0.4 is 5.56 Å². The Morgan fingerprint density at radius 2 is 2.00 bits per heavy atom. The Hall–Kier alpha value is -2.41. The van der Waals surface area contributed by atoms with Gasteiger partial charge < -0.3 is 13.9 Å². The number of hydrogen-bond acceptors (Lipinski definition) is 5. The first-order chi connectivity index (χ1) is 14.1. The van der Waals surface area contributed by atoms with Crippen LogP contribution >= 0.6 is 0 Å². The van der Waals surface area contributed by atoms with Gasteiger partial charge in [0, 0.05) is 50.3 Å². The van der Waals surface area contributed by atoms with Crippen LogP contribution in [0.2, 0.25) is 0 Å². The fourth-order valence-corrected chi connectivity index (χ4v) is 5.26. The molecule has 0 aromatic carbocycles. The second-order valence-electron chi connectivity index (χ2n) is 8.80. The Kier molecular flexibility index (Phi) is 4.78. The maximum atomic E-state index is 13.2. The lowest BCUT2D eigenvalue weighted by Crippen LogP contribution is -2.49. The zero-order chi connectivity index (χ0) is 20.0. The molecule has 5 rings (SSSR count). The van der Waals surface area contributed by atoms with E-state index in [1.807, 2.05) is 15.5 Å². The fraction of sp³-hybridized carbons (Fsp3) is 0.591. The molecule has 0 aliphatic carbocycles. The van der Waals surface area contributed by atoms with E-state index in [4.69, 9.17) is 4.42 Å². The van der Waals surface area contributed by atoms with E-state index >= 15 is 0 Å². The number of piperidine rings is 2. The Morgan fingerprint density at radius 3 is 2.76 bits per heavy atom. The van der Waals surface area contributed by atoms with Crippen molar-refractivity contribution in [2.45, 2.75) is 51.6 Å². The predicted molar refractivity (Wildman–Crippen MR) is 108 cm³/mol. The first-order valence-electron chi connectivity index (χ1n) is 10.7. The summed E-state index contributed by atoms with van der Waals surface area (Å²) >= 11 is 0. The van der Waals surface area contributed by atoms with Crippen molar-refractivity contribution in [1.82, 2.24) is 19.4 Å². The molecule has 7 nitrogen and oxygen atoms in total. The van der Waals surface area contributed by atoms with Crippen molar-refractivity contribution in [2.24, 2.45) is 5.92 Å². The molecule has 0 unspecified atom stereocenters. The van der Waals surface area contributed by atoms with Gasteiger partial charge in [-0.05, 0) is 44.3 Å². The van der Waals surface area contributed by atoms with Gasteiger partial charge in [0.25, 0.3) is 11.5 Å². The molecule has 2 atom stereocenters. The topological polar surface area (TPSA) is 71.6 Å². The lowest BCUT2D eigenvalue weighted by atomic mass is 9.83. The molecular weight excluding hydrogens is 368 g/mol. The molecule has 0 radical (unpaired) electrons. The second-order valence-corrected chi connectivity index (χ2v) is 8.80. The van der Waals surface area contributed by atoms with Crippen LogP contribution in [-0.4, -0.2) is 51.4 Å². The van der Waals surface area contributed by atoms with Gasteiger partial charge in [-0.2, -0.15) is 0 Å². The largest absolute Gasteiger partial charge is 0.448 e. The quantitative estimate of drug-likeness (QED) is 0.797. The average molecular weight is 396 g/mol. The Morgan fingerprint density at radius 1 is 1.17 bits per heavy atom. The number of amides is 1. The molecule has 0 spiro atoms. The summed E-state index contributed by atoms with van der Waals surface area (Å²) in [6.07, 6.45) is 6.22. The average Bonchev–Trinajstić information content (AvgIpc) is 3.17. The third kappa shape index (κ3) is 3.52. The highest BCUT2D eigenvalue weighted by Gasteiger charge is 2.37. The number of likely N-dealkylation sites (tertiary alicyclic amines) is 2. The molecule has 29 heavy (non-hydrogen) atoms. The van der Waals surface area contributed by atoms with E-state index in [2.05, 4.69) is 16.0 Å². The molecule has 1 amide bonds. The number of rotatable bonds is 3. The van der Waals surface area contributed by atoms with Gasteiger partial charge in [0.1, 0.15) is 6.26 Å². The van der Waals surface area contributed by atoms with Crippen molar-refractivity contribution < 1.29 is 9.21 Å². The van der Waals surface area contributed by atoms with Crippen LogP contribution in [0.3, 0.4) is 0 Å². The summed E-state index contributed by atoms with van der Waals surface area (Å²) in [5.74, 6) is 0.940. The van der Waals surface area contributed by atoms with Crippen LogP contribution in [0.5, 0.6) is 0 Å². The van der Waals surface area contributed by atoms with Gasteiger partial charge in [-0.15, -0.1) is 0 Å². The Balaban J connectivity index is 1.37. The summed E-state index contributed by atoms with van der Waals surface area (Å²) in [6.45, 7) is 6.67. The van der Waals surface area contributed by atoms with Crippen molar-refractivity contribution in [3.8, 4) is 0 Å². The lowest BCUT2D eigenvalue weighted by Gasteiger charge is -2.42. The molecule has 2 bridgehead atoms. The molecule has 7 heteroatoms. The highest BCUT2D eigenvalue weighted by Crippen LogP contribution is 2.35. The normalized spacial score (nSPS) is 24.4. The van der Waals surface area contributed by atoms with Crippen LogP contribution in [0.4, 0.5) is 0 Å². The highest BCUT2D eigenvalue weighted by molar-refractivity contribution is 5.92. The standard InChI is InChI=1S/C22H28N4O3/c1-15-23-19(14-29-15)22(28)25-10-16-9-18(13-25)20-6-5-17(21(27)26(20)11-16)12-24-7-3-2-4-8-24/h5-6,14,16,18H,2-4,7-13H2,1H3/t16-,18+/m0/s1. The van der Waals surface area contributed by atoms with Crippen LogP contribution in [-0.2, 0) is 13.1 Å². The van der Waals surface area contributed by atoms with Gasteiger partial charge in [-0.3, -0.25) is 14.5 Å². The minimum Gasteiger partial charge on any atom is -0.448 e. The number of fused-ring (bicyclic) bond motifs is 4. The van der Waals surface area contributed by atoms with Gasteiger partial charge in [0.05, 0.1) is 0 Å². The van der Waals surface area contributed by atoms with E-state index < -0.39 is 0 Å². The van der Waals surface area contributed by atoms with Gasteiger partial charge in [-0.1, -0.05) is 12.5 Å². The molecule has 3 aliphatic heterocycles. The zero-order valence-corrected chi connectivity index (χ0v) is 17.0. The number of hydrogen-bond donors (Lipinski definition) is 0. The van der Waals surface area contributed by atoms with Crippen LogP contribution in [0, 0.1) is 12.8 Å². The van der Waals surface area contributed by atoms with Gasteiger partial charge in [-0.25, -0.2) is 4.98 Å². The first-order valence-corrected chi connectivity index (χ1v) is 10.7. The third-order valence-electron chi connectivity index (χ3n) is 6.65. The lowest BCUT2D eigenvalue weighted by molar-refractivity contribution is 0.0588. The zero-order valence-electron chi connectivity index (χ0n) is 17.0. The van der Waals surface area contributed by atoms with Crippen LogP contribution in [0.1, 0.15) is 59.2 Å². The minimum atomic E-state index is -0.0749. The molecule has 2 saturated heterocycles. The van der Waals surface area contributed by atoms with Gasteiger partial charge >= 0.3 is 0 Å². The first kappa shape index (κ1) is 18.6. The summed E-state index contributed by atoms with van der Waals surface area (Å²) in [6, 6.07) is 4.14. The maximum absolute atomic E-state index is 13.2. The van der Waals surface area contributed by atoms with E-state index in [-0.39, 0.29) is 17.4 Å². The highest BCUT2D eigenvalue weighted by atomic mass is 16.3. The van der Waals surface area contributed by atoms with E-state index in [9.17, 15) is 9.59 Å². The molecule has 2 fully saturated rings. The van der Waals surface area contributed by atoms with Crippen molar-refractivity contribution in [2.75, 3.05) is 26.2 Å². The molecule has 0 N–H and O–H groups in total. The van der Waals surface area contributed by atoms with E-state index in [1.165, 1.54) is 25.5 Å². The number of nitrogens with zero attached hydrogens (tertiary/aromatic N) is 4.